The van der Waals surface area contributed by atoms with E-state index >= 15 is 0 Å². The van der Waals surface area contributed by atoms with Gasteiger partial charge in [0.15, 0.2) is 0 Å². The van der Waals surface area contributed by atoms with Gasteiger partial charge < -0.3 is 0 Å². The molecule has 0 aliphatic heterocycles. The second kappa shape index (κ2) is 5.44. The Balaban J connectivity index is 2.92. The zero-order valence-corrected chi connectivity index (χ0v) is 12.2. The van der Waals surface area contributed by atoms with Gasteiger partial charge in [0, 0.05) is 9.80 Å². The van der Waals surface area contributed by atoms with Crippen molar-refractivity contribution in [3.63, 3.8) is 0 Å². The molecule has 0 aromatic heterocycles. The van der Waals surface area contributed by atoms with E-state index in [4.69, 9.17) is 0 Å². The summed E-state index contributed by atoms with van der Waals surface area (Å²) in [5.41, 5.74) is 1.23. The van der Waals surface area contributed by atoms with Crippen molar-refractivity contribution in [2.75, 3.05) is 5.33 Å². The van der Waals surface area contributed by atoms with Crippen molar-refractivity contribution < 1.29 is 4.39 Å². The molecule has 1 aromatic carbocycles. The van der Waals surface area contributed by atoms with Crippen molar-refractivity contribution in [1.29, 1.82) is 0 Å². The molecule has 0 fully saturated rings. The third kappa shape index (κ3) is 3.56. The molecule has 0 heterocycles. The Morgan fingerprint density at radius 1 is 1.40 bits per heavy atom. The van der Waals surface area contributed by atoms with Crippen LogP contribution >= 0.6 is 31.9 Å². The number of rotatable bonds is 4. The van der Waals surface area contributed by atoms with E-state index in [9.17, 15) is 4.39 Å². The van der Waals surface area contributed by atoms with Crippen molar-refractivity contribution in [1.82, 2.24) is 0 Å². The predicted molar refractivity (Wildman–Crippen MR) is 70.0 cm³/mol. The van der Waals surface area contributed by atoms with Gasteiger partial charge in [0.25, 0.3) is 0 Å². The Labute approximate surface area is 108 Å². The van der Waals surface area contributed by atoms with Crippen LogP contribution in [0, 0.1) is 11.2 Å². The second-order valence-electron chi connectivity index (χ2n) is 4.21. The number of hydrogen-bond donors (Lipinski definition) is 0. The first-order chi connectivity index (χ1) is 7.00. The largest absolute Gasteiger partial charge is 0.207 e. The smallest absolute Gasteiger partial charge is 0.123 e. The van der Waals surface area contributed by atoms with E-state index in [0.717, 1.165) is 28.2 Å². The van der Waals surface area contributed by atoms with Gasteiger partial charge in [-0.3, -0.25) is 0 Å². The van der Waals surface area contributed by atoms with Crippen LogP contribution in [0.4, 0.5) is 4.39 Å². The van der Waals surface area contributed by atoms with Gasteiger partial charge in [-0.25, -0.2) is 4.39 Å². The molecule has 1 aromatic rings. The van der Waals surface area contributed by atoms with Crippen LogP contribution in [0.3, 0.4) is 0 Å². The van der Waals surface area contributed by atoms with E-state index in [1.807, 2.05) is 0 Å². The first-order valence-corrected chi connectivity index (χ1v) is 6.92. The molecule has 0 saturated carbocycles. The van der Waals surface area contributed by atoms with E-state index < -0.39 is 0 Å². The number of halogens is 3. The molecule has 1 unspecified atom stereocenters. The van der Waals surface area contributed by atoms with Gasteiger partial charge in [-0.2, -0.15) is 0 Å². The van der Waals surface area contributed by atoms with Crippen LogP contribution in [-0.4, -0.2) is 5.33 Å². The monoisotopic (exact) mass is 336 g/mol. The maximum Gasteiger partial charge on any atom is 0.123 e. The molecule has 15 heavy (non-hydrogen) atoms. The lowest BCUT2D eigenvalue weighted by Crippen LogP contribution is -2.20. The highest BCUT2D eigenvalue weighted by atomic mass is 79.9. The lowest BCUT2D eigenvalue weighted by molar-refractivity contribution is 0.360. The molecule has 1 atom stereocenters. The highest BCUT2D eigenvalue weighted by molar-refractivity contribution is 9.10. The van der Waals surface area contributed by atoms with E-state index in [-0.39, 0.29) is 11.2 Å². The maximum atomic E-state index is 13.1. The zero-order chi connectivity index (χ0) is 11.5. The van der Waals surface area contributed by atoms with Gasteiger partial charge in [0.05, 0.1) is 0 Å². The summed E-state index contributed by atoms with van der Waals surface area (Å²) >= 11 is 6.98. The van der Waals surface area contributed by atoms with Gasteiger partial charge in [-0.05, 0) is 42.0 Å². The Morgan fingerprint density at radius 2 is 2.07 bits per heavy atom. The topological polar surface area (TPSA) is 0 Å². The van der Waals surface area contributed by atoms with Crippen molar-refractivity contribution in [3.8, 4) is 0 Å². The summed E-state index contributed by atoms with van der Waals surface area (Å²) in [4.78, 5) is 0. The number of hydrogen-bond acceptors (Lipinski definition) is 0. The molecular weight excluding hydrogens is 323 g/mol. The summed E-state index contributed by atoms with van der Waals surface area (Å²) < 4.78 is 14.1. The molecule has 0 nitrogen and oxygen atoms in total. The van der Waals surface area contributed by atoms with Crippen molar-refractivity contribution in [2.24, 2.45) is 5.41 Å². The van der Waals surface area contributed by atoms with Gasteiger partial charge in [0.1, 0.15) is 5.82 Å². The minimum atomic E-state index is -0.166. The van der Waals surface area contributed by atoms with Crippen LogP contribution < -0.4 is 0 Å². The molecule has 0 spiro atoms. The molecule has 84 valence electrons. The standard InChI is InChI=1S/C12H15Br2F/c1-3-12(2,8-13)7-9-6-10(15)4-5-11(9)14/h4-6H,3,7-8H2,1-2H3. The first-order valence-electron chi connectivity index (χ1n) is 5.00. The van der Waals surface area contributed by atoms with Gasteiger partial charge in [-0.1, -0.05) is 45.7 Å². The Morgan fingerprint density at radius 3 is 2.60 bits per heavy atom. The summed E-state index contributed by atoms with van der Waals surface area (Å²) in [6.07, 6.45) is 1.95. The Hall–Kier alpha value is 0.110. The van der Waals surface area contributed by atoms with Crippen LogP contribution in [0.1, 0.15) is 25.8 Å². The van der Waals surface area contributed by atoms with E-state index in [0.29, 0.717) is 0 Å². The molecule has 0 N–H and O–H groups in total. The first kappa shape index (κ1) is 13.2. The Kier molecular flexibility index (Phi) is 4.78. The molecule has 0 radical (unpaired) electrons. The van der Waals surface area contributed by atoms with Gasteiger partial charge in [0.2, 0.25) is 0 Å². The molecule has 0 bridgehead atoms. The van der Waals surface area contributed by atoms with E-state index in [2.05, 4.69) is 45.7 Å². The fourth-order valence-corrected chi connectivity index (χ4v) is 2.39. The van der Waals surface area contributed by atoms with Crippen molar-refractivity contribution in [2.45, 2.75) is 26.7 Å². The molecule has 0 amide bonds. The molecule has 0 aliphatic carbocycles. The molecule has 3 heteroatoms. The predicted octanol–water partition coefficient (Wildman–Crippen LogP) is 4.94. The minimum Gasteiger partial charge on any atom is -0.207 e. The molecule has 0 aliphatic rings. The number of benzene rings is 1. The summed E-state index contributed by atoms with van der Waals surface area (Å²) in [7, 11) is 0. The third-order valence-corrected chi connectivity index (χ3v) is 4.93. The average Bonchev–Trinajstić information content (AvgIpc) is 2.23. The zero-order valence-electron chi connectivity index (χ0n) is 8.99. The van der Waals surface area contributed by atoms with Gasteiger partial charge in [-0.15, -0.1) is 0 Å². The van der Waals surface area contributed by atoms with Crippen molar-refractivity contribution in [3.05, 3.63) is 34.1 Å². The second-order valence-corrected chi connectivity index (χ2v) is 5.63. The van der Waals surface area contributed by atoms with Crippen LogP contribution in [0.15, 0.2) is 22.7 Å². The van der Waals surface area contributed by atoms with E-state index in [1.54, 1.807) is 12.1 Å². The lowest BCUT2D eigenvalue weighted by Gasteiger charge is -2.26. The molecular formula is C12H15Br2F. The fourth-order valence-electron chi connectivity index (χ4n) is 1.41. The number of alkyl halides is 1. The van der Waals surface area contributed by atoms with Crippen LogP contribution in [0.25, 0.3) is 0 Å². The fraction of sp³-hybridized carbons (Fsp3) is 0.500. The summed E-state index contributed by atoms with van der Waals surface area (Å²) in [5, 5.41) is 0.930. The quantitative estimate of drug-likeness (QED) is 0.682. The summed E-state index contributed by atoms with van der Waals surface area (Å²) in [6, 6.07) is 4.86. The normalized spacial score (nSPS) is 15.0. The van der Waals surface area contributed by atoms with Crippen LogP contribution in [0.5, 0.6) is 0 Å². The third-order valence-electron chi connectivity index (χ3n) is 2.80. The SMILES string of the molecule is CCC(C)(CBr)Cc1cc(F)ccc1Br. The van der Waals surface area contributed by atoms with Crippen molar-refractivity contribution >= 4 is 31.9 Å². The van der Waals surface area contributed by atoms with Crippen LogP contribution in [0.2, 0.25) is 0 Å². The minimum absolute atomic E-state index is 0.166. The summed E-state index contributed by atoms with van der Waals surface area (Å²) in [5.74, 6) is -0.166. The average molecular weight is 338 g/mol. The lowest BCUT2D eigenvalue weighted by atomic mass is 9.83. The Bertz CT molecular complexity index is 332. The van der Waals surface area contributed by atoms with Crippen LogP contribution in [-0.2, 0) is 6.42 Å². The van der Waals surface area contributed by atoms with E-state index in [1.165, 1.54) is 6.07 Å². The molecule has 0 saturated heterocycles. The highest BCUT2D eigenvalue weighted by Crippen LogP contribution is 2.31. The highest BCUT2D eigenvalue weighted by Gasteiger charge is 2.22. The maximum absolute atomic E-state index is 13.1. The van der Waals surface area contributed by atoms with Gasteiger partial charge >= 0.3 is 0 Å². The molecule has 1 rings (SSSR count). The summed E-state index contributed by atoms with van der Waals surface area (Å²) in [6.45, 7) is 4.37.